The summed E-state index contributed by atoms with van der Waals surface area (Å²) in [6.45, 7) is 8.39. The van der Waals surface area contributed by atoms with Crippen LogP contribution in [0.5, 0.6) is 0 Å². The van der Waals surface area contributed by atoms with E-state index in [0.29, 0.717) is 0 Å². The van der Waals surface area contributed by atoms with E-state index in [4.69, 9.17) is 4.74 Å². The first-order chi connectivity index (χ1) is 8.40. The second-order valence-corrected chi connectivity index (χ2v) is 6.45. The Balaban J connectivity index is 1.89. The van der Waals surface area contributed by atoms with E-state index in [1.807, 2.05) is 0 Å². The van der Waals surface area contributed by atoms with Gasteiger partial charge in [-0.3, -0.25) is 4.79 Å². The highest BCUT2D eigenvalue weighted by Gasteiger charge is 2.58. The molecule has 0 spiro atoms. The van der Waals surface area contributed by atoms with Crippen molar-refractivity contribution in [3.8, 4) is 0 Å². The molecule has 0 unspecified atom stereocenters. The Bertz CT molecular complexity index is 324. The molecule has 1 aliphatic heterocycles. The fourth-order valence-corrected chi connectivity index (χ4v) is 3.10. The molecule has 2 N–H and O–H groups in total. The summed E-state index contributed by atoms with van der Waals surface area (Å²) in [5, 5.41) is 6.51. The van der Waals surface area contributed by atoms with Crippen molar-refractivity contribution < 1.29 is 9.53 Å². The Morgan fingerprint density at radius 3 is 2.39 bits per heavy atom. The summed E-state index contributed by atoms with van der Waals surface area (Å²) in [6, 6.07) is 0.241. The molecule has 4 nitrogen and oxygen atoms in total. The van der Waals surface area contributed by atoms with Gasteiger partial charge in [-0.1, -0.05) is 13.8 Å². The van der Waals surface area contributed by atoms with Crippen LogP contribution in [-0.2, 0) is 9.53 Å². The molecule has 0 radical (unpaired) electrons. The van der Waals surface area contributed by atoms with Crippen molar-refractivity contribution >= 4 is 5.91 Å². The average molecular weight is 254 g/mol. The molecular formula is C14H26N2O2. The number of carbonyl (C=O) groups excluding carboxylic acids is 1. The molecule has 2 fully saturated rings. The highest BCUT2D eigenvalue weighted by molar-refractivity contribution is 5.79. The van der Waals surface area contributed by atoms with Crippen LogP contribution in [0.1, 0.15) is 40.0 Å². The highest BCUT2D eigenvalue weighted by Crippen LogP contribution is 2.51. The molecule has 0 bridgehead atoms. The summed E-state index contributed by atoms with van der Waals surface area (Å²) >= 11 is 0. The Kier molecular flexibility index (Phi) is 3.70. The predicted octanol–water partition coefficient (Wildman–Crippen LogP) is 1.31. The van der Waals surface area contributed by atoms with Gasteiger partial charge in [-0.15, -0.1) is 0 Å². The maximum atomic E-state index is 12.2. The predicted molar refractivity (Wildman–Crippen MR) is 71.3 cm³/mol. The van der Waals surface area contributed by atoms with Crippen molar-refractivity contribution in [2.24, 2.45) is 11.3 Å². The molecule has 0 aromatic rings. The van der Waals surface area contributed by atoms with Gasteiger partial charge in [0.05, 0.1) is 5.60 Å². The quantitative estimate of drug-likeness (QED) is 0.798. The van der Waals surface area contributed by atoms with E-state index >= 15 is 0 Å². The van der Waals surface area contributed by atoms with Crippen LogP contribution in [0.15, 0.2) is 0 Å². The van der Waals surface area contributed by atoms with Gasteiger partial charge in [0.1, 0.15) is 0 Å². The van der Waals surface area contributed by atoms with Crippen molar-refractivity contribution in [2.45, 2.75) is 51.7 Å². The lowest BCUT2D eigenvalue weighted by Crippen LogP contribution is -2.69. The van der Waals surface area contributed by atoms with Crippen LogP contribution in [0.3, 0.4) is 0 Å². The summed E-state index contributed by atoms with van der Waals surface area (Å²) in [6.07, 6.45) is 2.83. The zero-order valence-corrected chi connectivity index (χ0v) is 12.0. The van der Waals surface area contributed by atoms with Crippen molar-refractivity contribution in [3.63, 3.8) is 0 Å². The smallest absolute Gasteiger partial charge is 0.223 e. The Labute approximate surface area is 110 Å². The average Bonchev–Trinajstić information content (AvgIpc) is 2.38. The van der Waals surface area contributed by atoms with Crippen LogP contribution in [0, 0.1) is 11.3 Å². The largest absolute Gasteiger partial charge is 0.378 e. The molecule has 1 heterocycles. The van der Waals surface area contributed by atoms with Crippen LogP contribution < -0.4 is 10.6 Å². The van der Waals surface area contributed by atoms with Crippen molar-refractivity contribution in [2.75, 3.05) is 20.2 Å². The van der Waals surface area contributed by atoms with Crippen LogP contribution in [0.2, 0.25) is 0 Å². The van der Waals surface area contributed by atoms with Gasteiger partial charge in [0.25, 0.3) is 0 Å². The van der Waals surface area contributed by atoms with Gasteiger partial charge in [0.15, 0.2) is 0 Å². The van der Waals surface area contributed by atoms with E-state index in [1.165, 1.54) is 0 Å². The van der Waals surface area contributed by atoms with Gasteiger partial charge >= 0.3 is 0 Å². The summed E-state index contributed by atoms with van der Waals surface area (Å²) < 4.78 is 5.58. The number of carbonyl (C=O) groups is 1. The van der Waals surface area contributed by atoms with Gasteiger partial charge in [0.2, 0.25) is 5.91 Å². The van der Waals surface area contributed by atoms with E-state index in [0.717, 1.165) is 32.4 Å². The topological polar surface area (TPSA) is 50.4 Å². The summed E-state index contributed by atoms with van der Waals surface area (Å²) in [5.41, 5.74) is -0.108. The molecule has 2 atom stereocenters. The zero-order chi connectivity index (χ0) is 13.4. The molecule has 2 aliphatic rings. The standard InChI is InChI=1S/C14H26N2O2/c1-13(2)11(9-14(13,3)18-4)16-12(17)10-5-7-15-8-6-10/h10-11,15H,5-9H2,1-4H3,(H,16,17)/t11-,14+/m1/s1. The number of ether oxygens (including phenoxy) is 1. The molecular weight excluding hydrogens is 228 g/mol. The lowest BCUT2D eigenvalue weighted by atomic mass is 9.55. The minimum absolute atomic E-state index is 0.00429. The summed E-state index contributed by atoms with van der Waals surface area (Å²) in [7, 11) is 1.76. The molecule has 1 saturated carbocycles. The lowest BCUT2D eigenvalue weighted by molar-refractivity contribution is -0.183. The van der Waals surface area contributed by atoms with Gasteiger partial charge < -0.3 is 15.4 Å². The zero-order valence-electron chi connectivity index (χ0n) is 12.0. The van der Waals surface area contributed by atoms with E-state index in [-0.39, 0.29) is 28.9 Å². The fourth-order valence-electron chi connectivity index (χ4n) is 3.10. The molecule has 2 rings (SSSR count). The summed E-state index contributed by atoms with van der Waals surface area (Å²) in [5.74, 6) is 0.421. The molecule has 4 heteroatoms. The lowest BCUT2D eigenvalue weighted by Gasteiger charge is -2.59. The molecule has 1 amide bonds. The molecule has 18 heavy (non-hydrogen) atoms. The van der Waals surface area contributed by atoms with Gasteiger partial charge in [-0.2, -0.15) is 0 Å². The maximum Gasteiger partial charge on any atom is 0.223 e. The third kappa shape index (κ3) is 2.16. The third-order valence-electron chi connectivity index (χ3n) is 5.30. The van der Waals surface area contributed by atoms with Gasteiger partial charge in [-0.05, 0) is 39.3 Å². The summed E-state index contributed by atoms with van der Waals surface area (Å²) in [4.78, 5) is 12.2. The van der Waals surface area contributed by atoms with E-state index in [9.17, 15) is 4.79 Å². The number of rotatable bonds is 3. The fraction of sp³-hybridized carbons (Fsp3) is 0.929. The normalized spacial score (nSPS) is 35.9. The molecule has 0 aromatic carbocycles. The first kappa shape index (κ1) is 13.8. The SMILES string of the molecule is CO[C@@]1(C)C[C@@H](NC(=O)C2CCNCC2)C1(C)C. The number of amides is 1. The number of hydrogen-bond acceptors (Lipinski definition) is 3. The van der Waals surface area contributed by atoms with Gasteiger partial charge in [0, 0.05) is 24.5 Å². The van der Waals surface area contributed by atoms with Crippen molar-refractivity contribution in [1.82, 2.24) is 10.6 Å². The Morgan fingerprint density at radius 2 is 1.89 bits per heavy atom. The van der Waals surface area contributed by atoms with E-state index in [1.54, 1.807) is 7.11 Å². The number of methoxy groups -OCH3 is 1. The minimum atomic E-state index is -0.112. The Morgan fingerprint density at radius 1 is 1.28 bits per heavy atom. The maximum absolute atomic E-state index is 12.2. The minimum Gasteiger partial charge on any atom is -0.378 e. The van der Waals surface area contributed by atoms with Crippen LogP contribution in [0.25, 0.3) is 0 Å². The van der Waals surface area contributed by atoms with Crippen molar-refractivity contribution in [1.29, 1.82) is 0 Å². The van der Waals surface area contributed by atoms with Crippen LogP contribution in [-0.4, -0.2) is 37.7 Å². The first-order valence-electron chi connectivity index (χ1n) is 6.97. The monoisotopic (exact) mass is 254 g/mol. The molecule has 0 aromatic heterocycles. The van der Waals surface area contributed by atoms with Crippen LogP contribution >= 0.6 is 0 Å². The van der Waals surface area contributed by atoms with Gasteiger partial charge in [-0.25, -0.2) is 0 Å². The van der Waals surface area contributed by atoms with E-state index < -0.39 is 0 Å². The first-order valence-corrected chi connectivity index (χ1v) is 6.97. The number of piperidine rings is 1. The number of nitrogens with one attached hydrogen (secondary N) is 2. The molecule has 1 saturated heterocycles. The van der Waals surface area contributed by atoms with Crippen molar-refractivity contribution in [3.05, 3.63) is 0 Å². The highest BCUT2D eigenvalue weighted by atomic mass is 16.5. The molecule has 104 valence electrons. The van der Waals surface area contributed by atoms with Crippen LogP contribution in [0.4, 0.5) is 0 Å². The second kappa shape index (κ2) is 4.82. The third-order valence-corrected chi connectivity index (χ3v) is 5.30. The Hall–Kier alpha value is -0.610. The molecule has 1 aliphatic carbocycles. The second-order valence-electron chi connectivity index (χ2n) is 6.45. The number of hydrogen-bond donors (Lipinski definition) is 2. The van der Waals surface area contributed by atoms with E-state index in [2.05, 4.69) is 31.4 Å².